The molecular formula is C39B27N3. The third-order valence-corrected chi connectivity index (χ3v) is 12.1. The third kappa shape index (κ3) is 7.97. The minimum atomic E-state index is -0.405. The summed E-state index contributed by atoms with van der Waals surface area (Å²) < 4.78 is 0. The summed E-state index contributed by atoms with van der Waals surface area (Å²) in [6, 6.07) is 0. The smallest absolute Gasteiger partial charge is 0.162 e. The molecule has 3 nitrogen and oxygen atoms in total. The highest BCUT2D eigenvalue weighted by Crippen LogP contribution is 2.24. The molecule has 0 amide bonds. The molecule has 0 spiro atoms. The molecule has 0 aliphatic heterocycles. The van der Waals surface area contributed by atoms with Gasteiger partial charge in [-0.25, -0.2) is 15.0 Å². The maximum Gasteiger partial charge on any atom is 0.162 e. The molecule has 7 aromatic rings. The molecule has 0 saturated carbocycles. The Morgan fingerprint density at radius 3 is 0.377 bits per heavy atom. The molecule has 69 heavy (non-hydrogen) atoms. The maximum atomic E-state index is 6.99. The maximum absolute atomic E-state index is 6.99. The molecule has 0 fully saturated rings. The molecule has 1 aromatic heterocycles. The predicted molar refractivity (Wildman–Crippen MR) is 318 cm³/mol. The summed E-state index contributed by atoms with van der Waals surface area (Å²) in [5.74, 6) is -1.21. The molecule has 6 aromatic carbocycles. The first-order chi connectivity index (χ1) is 32.0. The van der Waals surface area contributed by atoms with Crippen LogP contribution in [0.4, 0.5) is 0 Å². The van der Waals surface area contributed by atoms with Crippen LogP contribution in [0.1, 0.15) is 0 Å². The molecular weight excluding hydrogens is 802 g/mol. The summed E-state index contributed by atoms with van der Waals surface area (Å²) in [5, 5.41) is 0. The molecule has 0 N–H and O–H groups in total. The van der Waals surface area contributed by atoms with E-state index in [-0.39, 0.29) is 198 Å². The fraction of sp³-hybridized carbons (Fsp3) is 0. The Labute approximate surface area is 439 Å². The zero-order valence-corrected chi connectivity index (χ0v) is 36.4. The number of aromatic nitrogens is 3. The topological polar surface area (TPSA) is 38.7 Å². The quantitative estimate of drug-likeness (QED) is 0.157. The van der Waals surface area contributed by atoms with Crippen molar-refractivity contribution in [2.45, 2.75) is 0 Å². The van der Waals surface area contributed by atoms with Crippen molar-refractivity contribution in [2.24, 2.45) is 0 Å². The second-order valence-corrected chi connectivity index (χ2v) is 15.9. The van der Waals surface area contributed by atoms with E-state index >= 15 is 0 Å². The summed E-state index contributed by atoms with van der Waals surface area (Å²) in [5.41, 5.74) is -6.72. The molecule has 0 atom stereocenters. The largest absolute Gasteiger partial charge is 0.208 e. The molecule has 0 aliphatic carbocycles. The Morgan fingerprint density at radius 2 is 0.217 bits per heavy atom. The van der Waals surface area contributed by atoms with E-state index in [1.54, 1.807) is 0 Å². The normalized spacial score (nSPS) is 11.3. The summed E-state index contributed by atoms with van der Waals surface area (Å²) >= 11 is 0. The zero-order chi connectivity index (χ0) is 51.6. The molecule has 0 saturated heterocycles. The lowest BCUT2D eigenvalue weighted by atomic mass is 9.56. The van der Waals surface area contributed by atoms with Crippen molar-refractivity contribution in [1.29, 1.82) is 0 Å². The van der Waals surface area contributed by atoms with Crippen LogP contribution < -0.4 is 147 Å². The lowest BCUT2D eigenvalue weighted by Crippen LogP contribution is -2.57. The Hall–Kier alpha value is -3.92. The fourth-order valence-corrected chi connectivity index (χ4v) is 8.09. The zero-order valence-electron chi connectivity index (χ0n) is 36.4. The first-order valence-electron chi connectivity index (χ1n) is 19.6. The van der Waals surface area contributed by atoms with Crippen molar-refractivity contribution in [1.82, 2.24) is 15.0 Å². The van der Waals surface area contributed by atoms with Gasteiger partial charge >= 0.3 is 0 Å². The van der Waals surface area contributed by atoms with Crippen molar-refractivity contribution in [3.8, 4) is 67.5 Å². The van der Waals surface area contributed by atoms with Gasteiger partial charge in [-0.15, -0.1) is 65.6 Å². The van der Waals surface area contributed by atoms with E-state index in [1.165, 1.54) is 0 Å². The van der Waals surface area contributed by atoms with Crippen molar-refractivity contribution in [2.75, 3.05) is 0 Å². The molecule has 0 aliphatic rings. The highest BCUT2D eigenvalue weighted by molar-refractivity contribution is 6.74. The lowest BCUT2D eigenvalue weighted by Gasteiger charge is -2.29. The number of hydrogen-bond donors (Lipinski definition) is 0. The van der Waals surface area contributed by atoms with E-state index in [0.29, 0.717) is 0 Å². The van der Waals surface area contributed by atoms with Gasteiger partial charge in [-0.05, 0) is 33.4 Å². The number of rotatable bonds is 6. The SMILES string of the molecule is [B]c1c([B])c([B])c(-c2c([B])c([B])c([B])c(-c3nc(-c4c([B])c([B])c([B])c(-c5c([B])c([B])c([B])c([B])c5[B])c4[B])nc(-c4c([B])c([B])c([B])c(-c5c([B])c([B])c([B])c([B])c5[B])c4[B])n3)c2[B])c([B])c1[B]. The van der Waals surface area contributed by atoms with E-state index < -0.39 is 17.5 Å². The number of nitrogens with zero attached hydrogens (tertiary/aromatic N) is 3. The van der Waals surface area contributed by atoms with Gasteiger partial charge < -0.3 is 0 Å². The van der Waals surface area contributed by atoms with Crippen molar-refractivity contribution in [3.05, 3.63) is 0 Å². The molecule has 7 rings (SSSR count). The highest BCUT2D eigenvalue weighted by atomic mass is 15.0. The van der Waals surface area contributed by atoms with Crippen LogP contribution in [0.2, 0.25) is 0 Å². The van der Waals surface area contributed by atoms with Gasteiger partial charge in [0.2, 0.25) is 0 Å². The van der Waals surface area contributed by atoms with Crippen LogP contribution in [-0.4, -0.2) is 227 Å². The standard InChI is InChI=1S/C39B27N3/c40-10-1(4-16(46)28(58)34(64)29(59)17(4)47)13(43)25(55)22(52)7(10)37-67-38(8-11(41)2(14(44)26(56)23(8)53)5-18(48)30(60)35(65)31(61)19(5)49)69-39(68-37)9-12(42)3(15(45)27(57)24(9)54)6-20(50)32(62)36(66)33(63)21(6)51. The van der Waals surface area contributed by atoms with E-state index in [4.69, 9.17) is 227 Å². The van der Waals surface area contributed by atoms with E-state index in [2.05, 4.69) is 0 Å². The monoisotopic (exact) mass is 807 g/mol. The van der Waals surface area contributed by atoms with E-state index in [1.807, 2.05) is 0 Å². The average molecular weight is 802 g/mol. The molecule has 0 bridgehead atoms. The molecule has 54 radical (unpaired) electrons. The fourth-order valence-electron chi connectivity index (χ4n) is 8.09. The molecule has 30 heteroatoms. The van der Waals surface area contributed by atoms with Crippen molar-refractivity contribution >= 4 is 359 Å². The second-order valence-electron chi connectivity index (χ2n) is 15.9. The van der Waals surface area contributed by atoms with Gasteiger partial charge in [-0.3, -0.25) is 0 Å². The van der Waals surface area contributed by atoms with Gasteiger partial charge in [0.15, 0.2) is 17.5 Å². The van der Waals surface area contributed by atoms with Gasteiger partial charge in [0, 0.05) is 16.7 Å². The van der Waals surface area contributed by atoms with Crippen LogP contribution >= 0.6 is 0 Å². The Balaban J connectivity index is 1.71. The molecule has 1 heterocycles. The number of benzene rings is 6. The Bertz CT molecular complexity index is 3020. The second kappa shape index (κ2) is 18.9. The minimum Gasteiger partial charge on any atom is -0.208 e. The minimum absolute atomic E-state index is 0.0695. The first-order valence-corrected chi connectivity index (χ1v) is 19.6. The predicted octanol–water partition coefficient (Wildman–Crippen LogP) is -22.7. The van der Waals surface area contributed by atoms with E-state index in [0.717, 1.165) is 0 Å². The first kappa shape index (κ1) is 52.9. The van der Waals surface area contributed by atoms with Gasteiger partial charge in [-0.2, -0.15) is 0 Å². The average Bonchev–Trinajstić information content (AvgIpc) is 3.31. The van der Waals surface area contributed by atoms with Crippen LogP contribution in [0, 0.1) is 0 Å². The Kier molecular flexibility index (Phi) is 14.5. The van der Waals surface area contributed by atoms with Gasteiger partial charge in [0.05, 0.1) is 0 Å². The van der Waals surface area contributed by atoms with Crippen LogP contribution in [0.15, 0.2) is 0 Å². The van der Waals surface area contributed by atoms with Crippen LogP contribution in [0.5, 0.6) is 0 Å². The van der Waals surface area contributed by atoms with Gasteiger partial charge in [-0.1, -0.05) is 81.9 Å². The van der Waals surface area contributed by atoms with Crippen LogP contribution in [0.3, 0.4) is 0 Å². The summed E-state index contributed by atoms with van der Waals surface area (Å²) in [4.78, 5) is 14.3. The highest BCUT2D eigenvalue weighted by Gasteiger charge is 2.28. The van der Waals surface area contributed by atoms with Gasteiger partial charge in [0.1, 0.15) is 212 Å². The third-order valence-electron chi connectivity index (χ3n) is 12.1. The van der Waals surface area contributed by atoms with E-state index in [9.17, 15) is 0 Å². The Morgan fingerprint density at radius 1 is 0.116 bits per heavy atom. The summed E-state index contributed by atoms with van der Waals surface area (Å²) in [6.07, 6.45) is 0. The summed E-state index contributed by atoms with van der Waals surface area (Å²) in [7, 11) is 176. The molecule has 0 unspecified atom stereocenters. The van der Waals surface area contributed by atoms with Crippen molar-refractivity contribution < 1.29 is 0 Å². The lowest BCUT2D eigenvalue weighted by molar-refractivity contribution is 1.08. The molecule has 252 valence electrons. The van der Waals surface area contributed by atoms with Crippen LogP contribution in [0.25, 0.3) is 67.5 Å². The van der Waals surface area contributed by atoms with Crippen molar-refractivity contribution in [3.63, 3.8) is 0 Å². The number of hydrogen-bond acceptors (Lipinski definition) is 3. The summed E-state index contributed by atoms with van der Waals surface area (Å²) in [6.45, 7) is 0. The van der Waals surface area contributed by atoms with Gasteiger partial charge in [0.25, 0.3) is 0 Å². The van der Waals surface area contributed by atoms with Crippen LogP contribution in [-0.2, 0) is 0 Å².